The summed E-state index contributed by atoms with van der Waals surface area (Å²) in [7, 11) is -6.77. The molecular weight excluding hydrogens is 870 g/mol. The molecule has 3 atom stereocenters. The van der Waals surface area contributed by atoms with E-state index in [4.69, 9.17) is 0 Å². The van der Waals surface area contributed by atoms with Crippen molar-refractivity contribution in [3.05, 3.63) is 28.4 Å². The van der Waals surface area contributed by atoms with Crippen molar-refractivity contribution in [2.45, 2.75) is 55.2 Å². The van der Waals surface area contributed by atoms with Gasteiger partial charge in [0.25, 0.3) is 12.0 Å². The summed E-state index contributed by atoms with van der Waals surface area (Å²) < 4.78 is 107. The fraction of sp³-hybridized carbons (Fsp3) is 0.619. The predicted octanol–water partition coefficient (Wildman–Crippen LogP) is 5.04. The largest absolute Gasteiger partial charge is 0.743 e. The van der Waals surface area contributed by atoms with Crippen LogP contribution in [0.4, 0.5) is 22.0 Å². The molecule has 16 heteroatoms. The van der Waals surface area contributed by atoms with E-state index in [2.05, 4.69) is 77.8 Å². The van der Waals surface area contributed by atoms with Crippen molar-refractivity contribution in [3.8, 4) is 0 Å². The van der Waals surface area contributed by atoms with Gasteiger partial charge in [0, 0.05) is 16.2 Å². The molecule has 0 heterocycles. The Hall–Kier alpha value is -0.0900. The van der Waals surface area contributed by atoms with Crippen molar-refractivity contribution < 1.29 is 49.2 Å². The fourth-order valence-corrected chi connectivity index (χ4v) is 9.09. The summed E-state index contributed by atoms with van der Waals surface area (Å²) in [6.07, 6.45) is -8.46. The maximum Gasteiger partial charge on any atom is 0.432 e. The fourth-order valence-electron chi connectivity index (χ4n) is 6.24. The van der Waals surface area contributed by atoms with Crippen LogP contribution in [0.15, 0.2) is 12.1 Å². The molecule has 4 bridgehead atoms. The summed E-state index contributed by atoms with van der Waals surface area (Å²) in [5, 5.41) is -2.80. The quantitative estimate of drug-likeness (QED) is 0.141. The topological polar surface area (TPSA) is 113 Å². The zero-order valence-corrected chi connectivity index (χ0v) is 25.7. The second-order valence-corrected chi connectivity index (χ2v) is 14.8. The molecular formula is C21H18F5I3NO6S-. The standard InChI is InChI=1S/C21H19F5I3NO6S/c22-20(23,24)18(21(25,26)37(33,34)35)36-17(32)14-9-1-8-2-10(14)7-19(5-8,6-9)30-16(31)12-3-11(27)4-13(28)15(12)29/h3-4,8-10,14,18H,1-2,5-7H2,(H,30,31)(H,33,34,35)/p-1. The summed E-state index contributed by atoms with van der Waals surface area (Å²) in [5.74, 6) is -4.16. The number of ether oxygens (including phenoxy) is 1. The van der Waals surface area contributed by atoms with Gasteiger partial charge < -0.3 is 14.6 Å². The van der Waals surface area contributed by atoms with Crippen molar-refractivity contribution in [2.24, 2.45) is 23.7 Å². The lowest BCUT2D eigenvalue weighted by molar-refractivity contribution is -0.264. The average molecular weight is 888 g/mol. The first-order valence-electron chi connectivity index (χ1n) is 10.9. The Morgan fingerprint density at radius 2 is 1.62 bits per heavy atom. The van der Waals surface area contributed by atoms with Gasteiger partial charge in [-0.2, -0.15) is 22.0 Å². The zero-order valence-electron chi connectivity index (χ0n) is 18.5. The van der Waals surface area contributed by atoms with Crippen LogP contribution >= 0.6 is 67.8 Å². The minimum atomic E-state index is -6.77. The van der Waals surface area contributed by atoms with Gasteiger partial charge in [0.1, 0.15) is 0 Å². The van der Waals surface area contributed by atoms with Crippen LogP contribution in [0.25, 0.3) is 0 Å². The van der Waals surface area contributed by atoms with E-state index >= 15 is 0 Å². The van der Waals surface area contributed by atoms with E-state index in [-0.39, 0.29) is 24.7 Å². The highest BCUT2D eigenvalue weighted by atomic mass is 127. The highest BCUT2D eigenvalue weighted by Gasteiger charge is 2.65. The third-order valence-electron chi connectivity index (χ3n) is 7.33. The van der Waals surface area contributed by atoms with Crippen LogP contribution in [0.2, 0.25) is 0 Å². The van der Waals surface area contributed by atoms with Gasteiger partial charge in [-0.05, 0) is 130 Å². The van der Waals surface area contributed by atoms with Crippen LogP contribution in [-0.4, -0.2) is 47.9 Å². The van der Waals surface area contributed by atoms with E-state index in [1.165, 1.54) is 0 Å². The first kappa shape index (κ1) is 29.9. The molecule has 37 heavy (non-hydrogen) atoms. The number of carbonyl (C=O) groups excluding carboxylic acids is 2. The van der Waals surface area contributed by atoms with Crippen LogP contribution in [0, 0.1) is 34.4 Å². The van der Waals surface area contributed by atoms with Gasteiger partial charge in [0.2, 0.25) is 0 Å². The number of amides is 1. The summed E-state index contributed by atoms with van der Waals surface area (Å²) in [5.41, 5.74) is -0.246. The Balaban J connectivity index is 1.55. The van der Waals surface area contributed by atoms with Gasteiger partial charge in [-0.3, -0.25) is 9.59 Å². The molecule has 0 spiro atoms. The molecule has 0 aromatic heterocycles. The smallest absolute Gasteiger partial charge is 0.432 e. The first-order chi connectivity index (χ1) is 16.8. The Morgan fingerprint density at radius 3 is 2.14 bits per heavy atom. The summed E-state index contributed by atoms with van der Waals surface area (Å²) in [4.78, 5) is 26.0. The molecule has 3 unspecified atom stereocenters. The SMILES string of the molecule is O=C(NC12CC3CC(C1)C(C(=O)OC(C(F)(F)F)C(F)(F)S(=O)(=O)[O-])C(C3)C2)c1cc(I)cc(I)c1I. The number of hydrogen-bond donors (Lipinski definition) is 1. The van der Waals surface area contributed by atoms with E-state index in [1.807, 2.05) is 6.07 Å². The number of rotatable bonds is 6. The van der Waals surface area contributed by atoms with Crippen molar-refractivity contribution >= 4 is 89.8 Å². The molecule has 0 aliphatic heterocycles. The lowest BCUT2D eigenvalue weighted by atomic mass is 9.49. The molecule has 4 fully saturated rings. The molecule has 4 aliphatic rings. The van der Waals surface area contributed by atoms with Crippen LogP contribution in [0.1, 0.15) is 42.5 Å². The summed E-state index contributed by atoms with van der Waals surface area (Å²) >= 11 is 6.28. The third kappa shape index (κ3) is 5.73. The zero-order chi connectivity index (χ0) is 27.7. The van der Waals surface area contributed by atoms with Crippen molar-refractivity contribution in [1.29, 1.82) is 0 Å². The van der Waals surface area contributed by atoms with Crippen molar-refractivity contribution in [2.75, 3.05) is 0 Å². The molecule has 0 radical (unpaired) electrons. The van der Waals surface area contributed by atoms with E-state index < -0.39 is 56.9 Å². The second-order valence-electron chi connectivity index (χ2n) is 9.85. The number of nitrogens with one attached hydrogen (secondary N) is 1. The van der Waals surface area contributed by atoms with E-state index in [9.17, 15) is 44.5 Å². The van der Waals surface area contributed by atoms with Gasteiger partial charge in [-0.15, -0.1) is 0 Å². The van der Waals surface area contributed by atoms with Gasteiger partial charge in [0.05, 0.1) is 11.5 Å². The summed E-state index contributed by atoms with van der Waals surface area (Å²) in [6.45, 7) is 0. The van der Waals surface area contributed by atoms with Crippen LogP contribution in [0.3, 0.4) is 0 Å². The second kappa shape index (κ2) is 10.1. The molecule has 4 aliphatic carbocycles. The number of hydrogen-bond acceptors (Lipinski definition) is 6. The normalized spacial score (nSPS) is 30.2. The molecule has 7 nitrogen and oxygen atoms in total. The molecule has 4 saturated carbocycles. The molecule has 1 aromatic rings. The van der Waals surface area contributed by atoms with Crippen molar-refractivity contribution in [1.82, 2.24) is 5.32 Å². The average Bonchev–Trinajstić information content (AvgIpc) is 2.71. The minimum absolute atomic E-state index is 0.0684. The number of benzene rings is 1. The Bertz CT molecular complexity index is 1230. The highest BCUT2D eigenvalue weighted by molar-refractivity contribution is 14.1. The van der Waals surface area contributed by atoms with Crippen LogP contribution in [-0.2, 0) is 19.6 Å². The highest BCUT2D eigenvalue weighted by Crippen LogP contribution is 2.59. The molecule has 1 amide bonds. The van der Waals surface area contributed by atoms with Gasteiger partial charge >= 0.3 is 17.4 Å². The van der Waals surface area contributed by atoms with Crippen molar-refractivity contribution in [3.63, 3.8) is 0 Å². The number of esters is 1. The van der Waals surface area contributed by atoms with Gasteiger partial charge in [-0.1, -0.05) is 0 Å². The molecule has 1 aromatic carbocycles. The maximum absolute atomic E-state index is 13.9. The van der Waals surface area contributed by atoms with Gasteiger partial charge in [0.15, 0.2) is 10.1 Å². The van der Waals surface area contributed by atoms with E-state index in [0.717, 1.165) is 10.7 Å². The Labute approximate surface area is 249 Å². The number of alkyl halides is 5. The lowest BCUT2D eigenvalue weighted by Gasteiger charge is -2.59. The maximum atomic E-state index is 13.9. The van der Waals surface area contributed by atoms with E-state index in [1.54, 1.807) is 6.07 Å². The third-order valence-corrected chi connectivity index (χ3v) is 11.9. The molecule has 0 saturated heterocycles. The monoisotopic (exact) mass is 888 g/mol. The summed E-state index contributed by atoms with van der Waals surface area (Å²) in [6, 6.07) is 3.65. The molecule has 206 valence electrons. The molecule has 5 rings (SSSR count). The van der Waals surface area contributed by atoms with Crippen LogP contribution < -0.4 is 5.32 Å². The Morgan fingerprint density at radius 1 is 1.05 bits per heavy atom. The van der Waals surface area contributed by atoms with Gasteiger partial charge in [-0.25, -0.2) is 8.42 Å². The number of carbonyl (C=O) groups is 2. The predicted molar refractivity (Wildman–Crippen MR) is 142 cm³/mol. The first-order valence-corrected chi connectivity index (χ1v) is 15.6. The number of halogens is 8. The minimum Gasteiger partial charge on any atom is -0.743 e. The van der Waals surface area contributed by atoms with Crippen LogP contribution in [0.5, 0.6) is 0 Å². The Kier molecular flexibility index (Phi) is 8.14. The lowest BCUT2D eigenvalue weighted by Crippen LogP contribution is -2.64. The molecule has 1 N–H and O–H groups in total. The van der Waals surface area contributed by atoms with E-state index in [0.29, 0.717) is 24.8 Å².